The van der Waals surface area contributed by atoms with Gasteiger partial charge in [-0.3, -0.25) is 4.79 Å². The quantitative estimate of drug-likeness (QED) is 0.543. The number of esters is 1. The van der Waals surface area contributed by atoms with Crippen molar-refractivity contribution in [2.24, 2.45) is 16.7 Å². The molecule has 1 unspecified atom stereocenters. The second kappa shape index (κ2) is 8.75. The number of carbonyl (C=O) groups is 1. The van der Waals surface area contributed by atoms with Crippen molar-refractivity contribution in [1.82, 2.24) is 0 Å². The molecular weight excluding hydrogens is 344 g/mol. The van der Waals surface area contributed by atoms with E-state index >= 15 is 0 Å². The first-order valence-electron chi connectivity index (χ1n) is 9.56. The highest BCUT2D eigenvalue weighted by Crippen LogP contribution is 2.58. The predicted octanol–water partition coefficient (Wildman–Crippen LogP) is 3.33. The highest BCUT2D eigenvalue weighted by Gasteiger charge is 2.59. The second-order valence-electron chi connectivity index (χ2n) is 7.65. The normalized spacial score (nSPS) is 26.5. The van der Waals surface area contributed by atoms with E-state index in [4.69, 9.17) is 14.2 Å². The van der Waals surface area contributed by atoms with Crippen LogP contribution in [0.15, 0.2) is 0 Å². The van der Waals surface area contributed by atoms with Crippen molar-refractivity contribution >= 4 is 5.97 Å². The summed E-state index contributed by atoms with van der Waals surface area (Å²) in [5.41, 5.74) is -1.74. The number of rotatable bonds is 5. The van der Waals surface area contributed by atoms with Gasteiger partial charge in [0.05, 0.1) is 25.4 Å². The summed E-state index contributed by atoms with van der Waals surface area (Å²) < 4.78 is 16.6. The molecule has 0 aromatic carbocycles. The molecule has 0 aromatic rings. The highest BCUT2D eigenvalue weighted by atomic mass is 16.7. The van der Waals surface area contributed by atoms with E-state index in [1.807, 2.05) is 6.92 Å². The fourth-order valence-electron chi connectivity index (χ4n) is 4.39. The maximum atomic E-state index is 10.8. The molecule has 6 heteroatoms. The summed E-state index contributed by atoms with van der Waals surface area (Å²) in [5, 5.41) is 20.0. The lowest BCUT2D eigenvalue weighted by Crippen LogP contribution is -2.52. The van der Waals surface area contributed by atoms with Gasteiger partial charge in [0.2, 0.25) is 0 Å². The number of hydrogen-bond donors (Lipinski definition) is 0. The van der Waals surface area contributed by atoms with Crippen LogP contribution in [0.1, 0.15) is 59.3 Å². The third-order valence-electron chi connectivity index (χ3n) is 6.12. The van der Waals surface area contributed by atoms with E-state index < -0.39 is 22.6 Å². The Morgan fingerprint density at radius 3 is 2.44 bits per heavy atom. The van der Waals surface area contributed by atoms with Gasteiger partial charge in [-0.25, -0.2) is 0 Å². The molecule has 0 amide bonds. The van der Waals surface area contributed by atoms with Crippen molar-refractivity contribution in [3.63, 3.8) is 0 Å². The molecule has 0 radical (unpaired) electrons. The standard InChI is InChI=1S/C21H28N2O4/c1-4-7-18-14-21(26-12-13-27-21)10-9-19(18,3)20(15-22,16-23)8-5-6-11-25-17(2)24/h18H,4,7-14H2,1-3H3/t18-,19?/m1/s1. The minimum absolute atomic E-state index is 0.0256. The number of nitrogens with zero attached hydrogens (tertiary/aromatic N) is 2. The van der Waals surface area contributed by atoms with E-state index in [9.17, 15) is 15.3 Å². The Balaban J connectivity index is 2.25. The van der Waals surface area contributed by atoms with E-state index in [1.165, 1.54) is 6.92 Å². The Bertz CT molecular complexity index is 674. The van der Waals surface area contributed by atoms with E-state index in [1.54, 1.807) is 0 Å². The summed E-state index contributed by atoms with van der Waals surface area (Å²) in [5.74, 6) is 4.81. The first kappa shape index (κ1) is 21.2. The molecule has 2 rings (SSSR count). The molecule has 0 N–H and O–H groups in total. The fraction of sp³-hybridized carbons (Fsp3) is 0.762. The van der Waals surface area contributed by atoms with Gasteiger partial charge in [0, 0.05) is 31.6 Å². The van der Waals surface area contributed by atoms with Crippen molar-refractivity contribution in [2.45, 2.75) is 65.1 Å². The maximum Gasteiger partial charge on any atom is 0.303 e. The van der Waals surface area contributed by atoms with Crippen molar-refractivity contribution in [3.8, 4) is 24.0 Å². The zero-order chi connectivity index (χ0) is 20.0. The van der Waals surface area contributed by atoms with Crippen LogP contribution in [0.5, 0.6) is 0 Å². The van der Waals surface area contributed by atoms with E-state index in [2.05, 4.69) is 30.9 Å². The van der Waals surface area contributed by atoms with Crippen LogP contribution in [0.3, 0.4) is 0 Å². The molecule has 6 nitrogen and oxygen atoms in total. The van der Waals surface area contributed by atoms with Gasteiger partial charge < -0.3 is 14.2 Å². The lowest BCUT2D eigenvalue weighted by Gasteiger charge is -2.52. The molecule has 2 aliphatic rings. The minimum atomic E-state index is -1.23. The predicted molar refractivity (Wildman–Crippen MR) is 97.7 cm³/mol. The number of hydrogen-bond acceptors (Lipinski definition) is 6. The molecule has 0 aromatic heterocycles. The van der Waals surface area contributed by atoms with E-state index in [0.29, 0.717) is 32.5 Å². The third kappa shape index (κ3) is 4.27. The summed E-state index contributed by atoms with van der Waals surface area (Å²) in [6.45, 7) is 6.63. The Morgan fingerprint density at radius 2 is 1.89 bits per heavy atom. The molecule has 1 saturated heterocycles. The van der Waals surface area contributed by atoms with E-state index in [-0.39, 0.29) is 18.9 Å². The van der Waals surface area contributed by atoms with Gasteiger partial charge in [-0.05, 0) is 18.8 Å². The molecule has 1 aliphatic carbocycles. The molecule has 2 fully saturated rings. The van der Waals surface area contributed by atoms with Crippen molar-refractivity contribution < 1.29 is 19.0 Å². The largest absolute Gasteiger partial charge is 0.453 e. The third-order valence-corrected chi connectivity index (χ3v) is 6.12. The van der Waals surface area contributed by atoms with Crippen LogP contribution in [-0.2, 0) is 19.0 Å². The Morgan fingerprint density at radius 1 is 1.22 bits per heavy atom. The summed E-state index contributed by atoms with van der Waals surface area (Å²) in [6.07, 6.45) is 4.04. The molecule has 0 bridgehead atoms. The summed E-state index contributed by atoms with van der Waals surface area (Å²) in [4.78, 5) is 10.8. The van der Waals surface area contributed by atoms with Gasteiger partial charge in [-0.1, -0.05) is 32.1 Å². The van der Waals surface area contributed by atoms with Crippen LogP contribution in [0.4, 0.5) is 0 Å². The molecule has 1 spiro atoms. The summed E-state index contributed by atoms with van der Waals surface area (Å²) in [7, 11) is 0. The fourth-order valence-corrected chi connectivity index (χ4v) is 4.39. The van der Waals surface area contributed by atoms with Gasteiger partial charge in [0.1, 0.15) is 0 Å². The molecule has 27 heavy (non-hydrogen) atoms. The highest BCUT2D eigenvalue weighted by molar-refractivity contribution is 5.66. The van der Waals surface area contributed by atoms with Gasteiger partial charge in [0.15, 0.2) is 17.8 Å². The lowest BCUT2D eigenvalue weighted by molar-refractivity contribution is -0.214. The number of nitriles is 2. The lowest BCUT2D eigenvalue weighted by atomic mass is 9.51. The average Bonchev–Trinajstić information content (AvgIpc) is 3.10. The smallest absolute Gasteiger partial charge is 0.303 e. The first-order valence-corrected chi connectivity index (χ1v) is 9.56. The number of ether oxygens (including phenoxy) is 3. The van der Waals surface area contributed by atoms with E-state index in [0.717, 1.165) is 12.8 Å². The Labute approximate surface area is 161 Å². The van der Waals surface area contributed by atoms with Crippen LogP contribution in [0.2, 0.25) is 0 Å². The van der Waals surface area contributed by atoms with Gasteiger partial charge in [-0.2, -0.15) is 10.5 Å². The zero-order valence-electron chi connectivity index (χ0n) is 16.5. The summed E-state index contributed by atoms with van der Waals surface area (Å²) >= 11 is 0. The van der Waals surface area contributed by atoms with Crippen molar-refractivity contribution in [3.05, 3.63) is 0 Å². The molecule has 1 aliphatic heterocycles. The monoisotopic (exact) mass is 372 g/mol. The average molecular weight is 372 g/mol. The first-order chi connectivity index (χ1) is 12.9. The van der Waals surface area contributed by atoms with Crippen LogP contribution in [-0.4, -0.2) is 31.6 Å². The van der Waals surface area contributed by atoms with Gasteiger partial charge in [-0.15, -0.1) is 0 Å². The Kier molecular flexibility index (Phi) is 6.88. The topological polar surface area (TPSA) is 92.3 Å². The summed E-state index contributed by atoms with van der Waals surface area (Å²) in [6, 6.07) is 4.58. The minimum Gasteiger partial charge on any atom is -0.453 e. The van der Waals surface area contributed by atoms with Crippen molar-refractivity contribution in [1.29, 1.82) is 10.5 Å². The Hall–Kier alpha value is -2.07. The van der Waals surface area contributed by atoms with Crippen LogP contribution >= 0.6 is 0 Å². The molecular formula is C21H28N2O4. The number of carbonyl (C=O) groups excluding carboxylic acids is 1. The zero-order valence-corrected chi connectivity index (χ0v) is 16.5. The molecule has 1 heterocycles. The van der Waals surface area contributed by atoms with Crippen LogP contribution in [0.25, 0.3) is 0 Å². The molecule has 1 saturated carbocycles. The van der Waals surface area contributed by atoms with Gasteiger partial charge >= 0.3 is 5.97 Å². The maximum absolute atomic E-state index is 10.8. The van der Waals surface area contributed by atoms with Crippen molar-refractivity contribution in [2.75, 3.05) is 19.8 Å². The second-order valence-corrected chi connectivity index (χ2v) is 7.65. The van der Waals surface area contributed by atoms with Gasteiger partial charge in [0.25, 0.3) is 0 Å². The van der Waals surface area contributed by atoms with Crippen LogP contribution < -0.4 is 0 Å². The SMILES string of the molecule is CCC[C@@H]1CC2(CCC1(C)C(C#N)(C#N)CC#CCOC(C)=O)OCCO2. The molecule has 2 atom stereocenters. The molecule has 146 valence electrons. The van der Waals surface area contributed by atoms with Crippen LogP contribution in [0, 0.1) is 51.3 Å².